The molecule has 4 nitrogen and oxygen atoms in total. The number of fused-ring (bicyclic) bond motifs is 1. The summed E-state index contributed by atoms with van der Waals surface area (Å²) in [5.41, 5.74) is 1.38. The predicted molar refractivity (Wildman–Crippen MR) is 89.7 cm³/mol. The Balaban J connectivity index is 1.30. The van der Waals surface area contributed by atoms with E-state index in [2.05, 4.69) is 9.88 Å². The van der Waals surface area contributed by atoms with Crippen LogP contribution in [0.25, 0.3) is 0 Å². The summed E-state index contributed by atoms with van der Waals surface area (Å²) >= 11 is 3.51. The van der Waals surface area contributed by atoms with E-state index in [0.717, 1.165) is 24.9 Å². The van der Waals surface area contributed by atoms with Crippen LogP contribution in [0.2, 0.25) is 0 Å². The van der Waals surface area contributed by atoms with Crippen molar-refractivity contribution < 1.29 is 4.74 Å². The quantitative estimate of drug-likeness (QED) is 0.839. The van der Waals surface area contributed by atoms with Crippen LogP contribution in [-0.4, -0.2) is 34.6 Å². The third-order valence-electron chi connectivity index (χ3n) is 4.45. The van der Waals surface area contributed by atoms with Gasteiger partial charge in [-0.1, -0.05) is 11.3 Å². The first-order valence-electron chi connectivity index (χ1n) is 8.09. The molecule has 22 heavy (non-hydrogen) atoms. The summed E-state index contributed by atoms with van der Waals surface area (Å²) in [6.07, 6.45) is 8.06. The first-order chi connectivity index (χ1) is 10.9. The fraction of sp³-hybridized carbons (Fsp3) is 0.625. The maximum atomic E-state index is 5.80. The molecule has 0 amide bonds. The number of hydrogen-bond acceptors (Lipinski definition) is 6. The van der Waals surface area contributed by atoms with Crippen LogP contribution in [0, 0.1) is 5.92 Å². The number of likely N-dealkylation sites (tertiary alicyclic amines) is 1. The van der Waals surface area contributed by atoms with E-state index in [1.807, 2.05) is 16.7 Å². The van der Waals surface area contributed by atoms with Crippen LogP contribution in [0.1, 0.15) is 34.8 Å². The van der Waals surface area contributed by atoms with Crippen LogP contribution in [-0.2, 0) is 19.4 Å². The van der Waals surface area contributed by atoms with Gasteiger partial charge in [0.1, 0.15) is 5.01 Å². The SMILES string of the molecule is c1csc(OCC2CCCN(Cc3nc4c(s3)CCC4)C2)n1. The normalized spacial score (nSPS) is 21.9. The van der Waals surface area contributed by atoms with E-state index < -0.39 is 0 Å². The zero-order valence-electron chi connectivity index (χ0n) is 12.7. The Labute approximate surface area is 139 Å². The maximum Gasteiger partial charge on any atom is 0.273 e. The highest BCUT2D eigenvalue weighted by Crippen LogP contribution is 2.29. The number of nitrogens with zero attached hydrogens (tertiary/aromatic N) is 3. The number of piperidine rings is 1. The van der Waals surface area contributed by atoms with Gasteiger partial charge < -0.3 is 4.74 Å². The Bertz CT molecular complexity index is 589. The van der Waals surface area contributed by atoms with Crippen LogP contribution >= 0.6 is 22.7 Å². The van der Waals surface area contributed by atoms with Crippen molar-refractivity contribution in [2.45, 2.75) is 38.6 Å². The molecular formula is C16H21N3OS2. The molecule has 1 fully saturated rings. The molecule has 1 saturated heterocycles. The van der Waals surface area contributed by atoms with Gasteiger partial charge in [0.05, 0.1) is 18.8 Å². The van der Waals surface area contributed by atoms with Gasteiger partial charge in [0.2, 0.25) is 0 Å². The molecule has 1 atom stereocenters. The van der Waals surface area contributed by atoms with E-state index in [0.29, 0.717) is 5.92 Å². The Morgan fingerprint density at radius 2 is 2.32 bits per heavy atom. The molecule has 118 valence electrons. The largest absolute Gasteiger partial charge is 0.470 e. The van der Waals surface area contributed by atoms with Crippen molar-refractivity contribution in [3.05, 3.63) is 27.2 Å². The zero-order chi connectivity index (χ0) is 14.8. The first-order valence-corrected chi connectivity index (χ1v) is 9.78. The molecule has 0 spiro atoms. The van der Waals surface area contributed by atoms with Gasteiger partial charge in [-0.25, -0.2) is 9.97 Å². The summed E-state index contributed by atoms with van der Waals surface area (Å²) in [5.74, 6) is 0.615. The van der Waals surface area contributed by atoms with Gasteiger partial charge in [0.15, 0.2) is 0 Å². The minimum Gasteiger partial charge on any atom is -0.470 e. The van der Waals surface area contributed by atoms with E-state index in [9.17, 15) is 0 Å². The van der Waals surface area contributed by atoms with Crippen molar-refractivity contribution in [2.24, 2.45) is 5.92 Å². The van der Waals surface area contributed by atoms with E-state index in [4.69, 9.17) is 9.72 Å². The van der Waals surface area contributed by atoms with E-state index in [1.54, 1.807) is 17.5 Å². The smallest absolute Gasteiger partial charge is 0.273 e. The van der Waals surface area contributed by atoms with Crippen molar-refractivity contribution in [1.29, 1.82) is 0 Å². The van der Waals surface area contributed by atoms with Crippen molar-refractivity contribution in [2.75, 3.05) is 19.7 Å². The van der Waals surface area contributed by atoms with Gasteiger partial charge in [-0.15, -0.1) is 11.3 Å². The summed E-state index contributed by atoms with van der Waals surface area (Å²) in [6.45, 7) is 4.12. The van der Waals surface area contributed by atoms with Crippen LogP contribution in [0.4, 0.5) is 0 Å². The lowest BCUT2D eigenvalue weighted by atomic mass is 9.99. The molecule has 6 heteroatoms. The molecule has 0 radical (unpaired) electrons. The highest BCUT2D eigenvalue weighted by Gasteiger charge is 2.23. The van der Waals surface area contributed by atoms with Gasteiger partial charge in [-0.2, -0.15) is 0 Å². The van der Waals surface area contributed by atoms with Crippen LogP contribution < -0.4 is 4.74 Å². The summed E-state index contributed by atoms with van der Waals surface area (Å²) in [6, 6.07) is 0. The Morgan fingerprint density at radius 1 is 1.32 bits per heavy atom. The third-order valence-corrected chi connectivity index (χ3v) is 6.28. The van der Waals surface area contributed by atoms with Crippen molar-refractivity contribution in [3.8, 4) is 5.19 Å². The van der Waals surface area contributed by atoms with Crippen molar-refractivity contribution in [3.63, 3.8) is 0 Å². The molecule has 2 aromatic rings. The van der Waals surface area contributed by atoms with Gasteiger partial charge in [0, 0.05) is 28.9 Å². The standard InChI is InChI=1S/C16H21N3OS2/c1-4-13-14(5-1)22-15(18-13)10-19-7-2-3-12(9-19)11-20-16-17-6-8-21-16/h6,8,12H,1-5,7,9-11H2. The topological polar surface area (TPSA) is 38.2 Å². The second kappa shape index (κ2) is 6.64. The van der Waals surface area contributed by atoms with Crippen LogP contribution in [0.3, 0.4) is 0 Å². The minimum absolute atomic E-state index is 0.615. The van der Waals surface area contributed by atoms with Gasteiger partial charge in [0.25, 0.3) is 5.19 Å². The summed E-state index contributed by atoms with van der Waals surface area (Å²) in [4.78, 5) is 13.1. The van der Waals surface area contributed by atoms with Crippen molar-refractivity contribution >= 4 is 22.7 Å². The van der Waals surface area contributed by atoms with Crippen molar-refractivity contribution in [1.82, 2.24) is 14.9 Å². The fourth-order valence-electron chi connectivity index (χ4n) is 3.40. The number of rotatable bonds is 5. The molecule has 0 aromatic carbocycles. The van der Waals surface area contributed by atoms with Crippen LogP contribution in [0.5, 0.6) is 5.19 Å². The first kappa shape index (κ1) is 14.6. The fourth-order valence-corrected chi connectivity index (χ4v) is 5.10. The lowest BCUT2D eigenvalue weighted by molar-refractivity contribution is 0.125. The van der Waals surface area contributed by atoms with Crippen LogP contribution in [0.15, 0.2) is 11.6 Å². The number of ether oxygens (including phenoxy) is 1. The molecule has 4 rings (SSSR count). The molecule has 3 heterocycles. The molecule has 2 aromatic heterocycles. The second-order valence-electron chi connectivity index (χ2n) is 6.18. The Morgan fingerprint density at radius 3 is 3.18 bits per heavy atom. The average molecular weight is 335 g/mol. The maximum absolute atomic E-state index is 5.80. The molecule has 1 aliphatic heterocycles. The second-order valence-corrected chi connectivity index (χ2v) is 8.21. The van der Waals surface area contributed by atoms with Gasteiger partial charge in [-0.3, -0.25) is 4.90 Å². The molecule has 1 unspecified atom stereocenters. The summed E-state index contributed by atoms with van der Waals surface area (Å²) in [7, 11) is 0. The Kier molecular flexibility index (Phi) is 4.41. The number of aryl methyl sites for hydroxylation is 2. The molecule has 0 bridgehead atoms. The number of aromatic nitrogens is 2. The van der Waals surface area contributed by atoms with E-state index >= 15 is 0 Å². The van der Waals surface area contributed by atoms with Gasteiger partial charge >= 0.3 is 0 Å². The summed E-state index contributed by atoms with van der Waals surface area (Å²) in [5, 5.41) is 4.07. The predicted octanol–water partition coefficient (Wildman–Crippen LogP) is 3.38. The monoisotopic (exact) mass is 335 g/mol. The van der Waals surface area contributed by atoms with E-state index in [-0.39, 0.29) is 0 Å². The third kappa shape index (κ3) is 3.34. The highest BCUT2D eigenvalue weighted by atomic mass is 32.1. The zero-order valence-corrected chi connectivity index (χ0v) is 14.3. The summed E-state index contributed by atoms with van der Waals surface area (Å²) < 4.78 is 5.80. The molecule has 0 saturated carbocycles. The lowest BCUT2D eigenvalue weighted by Gasteiger charge is -2.31. The molecule has 0 N–H and O–H groups in total. The van der Waals surface area contributed by atoms with Gasteiger partial charge in [-0.05, 0) is 38.6 Å². The molecular weight excluding hydrogens is 314 g/mol. The number of hydrogen-bond donors (Lipinski definition) is 0. The highest BCUT2D eigenvalue weighted by molar-refractivity contribution is 7.11. The number of thiazole rings is 2. The Hall–Kier alpha value is -0.980. The lowest BCUT2D eigenvalue weighted by Crippen LogP contribution is -2.37. The average Bonchev–Trinajstić information content (AvgIpc) is 3.22. The van der Waals surface area contributed by atoms with E-state index in [1.165, 1.54) is 54.2 Å². The molecule has 1 aliphatic carbocycles. The minimum atomic E-state index is 0.615. The molecule has 2 aliphatic rings.